The molecule has 0 amide bonds. The Hall–Kier alpha value is -2.10. The molecule has 4 nitrogen and oxygen atoms in total. The first-order chi connectivity index (χ1) is 8.22. The summed E-state index contributed by atoms with van der Waals surface area (Å²) >= 11 is 0. The summed E-state index contributed by atoms with van der Waals surface area (Å²) in [4.78, 5) is 0. The lowest BCUT2D eigenvalue weighted by Crippen LogP contribution is -2.05. The molecule has 0 aliphatic carbocycles. The highest BCUT2D eigenvalue weighted by Crippen LogP contribution is 2.11. The van der Waals surface area contributed by atoms with Gasteiger partial charge < -0.3 is 5.21 Å². The Morgan fingerprint density at radius 1 is 1.35 bits per heavy atom. The number of aromatic nitrogens is 2. The van der Waals surface area contributed by atoms with E-state index in [1.165, 1.54) is 5.56 Å². The van der Waals surface area contributed by atoms with Crippen molar-refractivity contribution in [3.63, 3.8) is 0 Å². The van der Waals surface area contributed by atoms with Gasteiger partial charge in [0.15, 0.2) is 0 Å². The summed E-state index contributed by atoms with van der Waals surface area (Å²) < 4.78 is 1.90. The zero-order valence-corrected chi connectivity index (χ0v) is 9.96. The molecule has 4 heteroatoms. The highest BCUT2D eigenvalue weighted by Gasteiger charge is 2.09. The van der Waals surface area contributed by atoms with Gasteiger partial charge in [0.25, 0.3) is 0 Å². The van der Waals surface area contributed by atoms with Crippen LogP contribution in [0.4, 0.5) is 0 Å². The SMILES string of the molecule is CC(=NO)c1cnn(Cc2ccccc2)c1C. The van der Waals surface area contributed by atoms with Crippen LogP contribution in [0.15, 0.2) is 41.7 Å². The van der Waals surface area contributed by atoms with Crippen LogP contribution in [0.5, 0.6) is 0 Å². The highest BCUT2D eigenvalue weighted by molar-refractivity contribution is 5.98. The van der Waals surface area contributed by atoms with Gasteiger partial charge in [0.2, 0.25) is 0 Å². The number of oxime groups is 1. The third-order valence-corrected chi connectivity index (χ3v) is 2.82. The Morgan fingerprint density at radius 2 is 2.06 bits per heavy atom. The Labute approximate surface area is 100 Å². The fraction of sp³-hybridized carbons (Fsp3) is 0.231. The first kappa shape index (κ1) is 11.4. The van der Waals surface area contributed by atoms with Crippen molar-refractivity contribution in [3.8, 4) is 0 Å². The molecule has 2 rings (SSSR count). The van der Waals surface area contributed by atoms with Gasteiger partial charge in [-0.05, 0) is 19.4 Å². The molecule has 0 bridgehead atoms. The van der Waals surface area contributed by atoms with E-state index in [9.17, 15) is 0 Å². The van der Waals surface area contributed by atoms with Crippen molar-refractivity contribution in [2.24, 2.45) is 5.16 Å². The van der Waals surface area contributed by atoms with Crippen LogP contribution in [0, 0.1) is 6.92 Å². The van der Waals surface area contributed by atoms with Crippen molar-refractivity contribution < 1.29 is 5.21 Å². The van der Waals surface area contributed by atoms with E-state index in [4.69, 9.17) is 5.21 Å². The Kier molecular flexibility index (Phi) is 3.23. The molecule has 0 atom stereocenters. The Balaban J connectivity index is 2.27. The topological polar surface area (TPSA) is 50.4 Å². The zero-order valence-electron chi connectivity index (χ0n) is 9.96. The molecule has 1 N–H and O–H groups in total. The minimum absolute atomic E-state index is 0.585. The van der Waals surface area contributed by atoms with Crippen molar-refractivity contribution in [3.05, 3.63) is 53.3 Å². The molecule has 0 aliphatic heterocycles. The van der Waals surface area contributed by atoms with Crippen molar-refractivity contribution in [2.75, 3.05) is 0 Å². The molecule has 1 aromatic carbocycles. The molecule has 0 fully saturated rings. The minimum Gasteiger partial charge on any atom is -0.411 e. The minimum atomic E-state index is 0.585. The quantitative estimate of drug-likeness (QED) is 0.499. The third-order valence-electron chi connectivity index (χ3n) is 2.82. The molecule has 2 aromatic rings. The molecule has 1 aromatic heterocycles. The molecule has 0 aliphatic rings. The number of hydrogen-bond acceptors (Lipinski definition) is 3. The van der Waals surface area contributed by atoms with E-state index in [0.717, 1.165) is 17.8 Å². The average molecular weight is 229 g/mol. The van der Waals surface area contributed by atoms with E-state index in [-0.39, 0.29) is 0 Å². The van der Waals surface area contributed by atoms with E-state index in [0.29, 0.717) is 5.71 Å². The van der Waals surface area contributed by atoms with Gasteiger partial charge in [-0.1, -0.05) is 35.5 Å². The fourth-order valence-corrected chi connectivity index (χ4v) is 1.77. The van der Waals surface area contributed by atoms with Gasteiger partial charge in [0.05, 0.1) is 18.5 Å². The standard InChI is InChI=1S/C13H15N3O/c1-10(15-17)13-8-14-16(11(13)2)9-12-6-4-3-5-7-12/h3-8,17H,9H2,1-2H3. The number of rotatable bonds is 3. The van der Waals surface area contributed by atoms with E-state index >= 15 is 0 Å². The zero-order chi connectivity index (χ0) is 12.3. The maximum Gasteiger partial charge on any atom is 0.0871 e. The summed E-state index contributed by atoms with van der Waals surface area (Å²) in [7, 11) is 0. The molecule has 0 spiro atoms. The maximum atomic E-state index is 8.76. The molecule has 0 saturated carbocycles. The van der Waals surface area contributed by atoms with Crippen LogP contribution in [0.25, 0.3) is 0 Å². The lowest BCUT2D eigenvalue weighted by Gasteiger charge is -2.05. The molecular formula is C13H15N3O. The lowest BCUT2D eigenvalue weighted by atomic mass is 10.2. The van der Waals surface area contributed by atoms with E-state index in [1.54, 1.807) is 13.1 Å². The molecule has 88 valence electrons. The Bertz CT molecular complexity index is 529. The summed E-state index contributed by atoms with van der Waals surface area (Å²) in [5.41, 5.74) is 3.67. The average Bonchev–Trinajstić information content (AvgIpc) is 2.72. The molecule has 0 radical (unpaired) electrons. The van der Waals surface area contributed by atoms with E-state index in [1.807, 2.05) is 29.8 Å². The third kappa shape index (κ3) is 2.36. The van der Waals surface area contributed by atoms with Crippen LogP contribution < -0.4 is 0 Å². The largest absolute Gasteiger partial charge is 0.411 e. The summed E-state index contributed by atoms with van der Waals surface area (Å²) in [6.07, 6.45) is 1.73. The molecule has 0 unspecified atom stereocenters. The lowest BCUT2D eigenvalue weighted by molar-refractivity contribution is 0.319. The normalized spacial score (nSPS) is 11.8. The van der Waals surface area contributed by atoms with Crippen LogP contribution in [0.2, 0.25) is 0 Å². The first-order valence-corrected chi connectivity index (χ1v) is 5.47. The van der Waals surface area contributed by atoms with Crippen LogP contribution in [0.3, 0.4) is 0 Å². The van der Waals surface area contributed by atoms with Crippen LogP contribution in [-0.4, -0.2) is 20.7 Å². The highest BCUT2D eigenvalue weighted by atomic mass is 16.4. The molecular weight excluding hydrogens is 214 g/mol. The van der Waals surface area contributed by atoms with Crippen molar-refractivity contribution in [1.29, 1.82) is 0 Å². The number of benzene rings is 1. The van der Waals surface area contributed by atoms with Gasteiger partial charge in [-0.2, -0.15) is 5.10 Å². The Morgan fingerprint density at radius 3 is 2.71 bits per heavy atom. The summed E-state index contributed by atoms with van der Waals surface area (Å²) in [6.45, 7) is 4.46. The van der Waals surface area contributed by atoms with Gasteiger partial charge >= 0.3 is 0 Å². The van der Waals surface area contributed by atoms with Crippen molar-refractivity contribution in [1.82, 2.24) is 9.78 Å². The van der Waals surface area contributed by atoms with Gasteiger partial charge in [-0.25, -0.2) is 0 Å². The van der Waals surface area contributed by atoms with E-state index in [2.05, 4.69) is 22.4 Å². The summed E-state index contributed by atoms with van der Waals surface area (Å²) in [6, 6.07) is 10.1. The van der Waals surface area contributed by atoms with Gasteiger partial charge in [0.1, 0.15) is 0 Å². The summed E-state index contributed by atoms with van der Waals surface area (Å²) in [5.74, 6) is 0. The smallest absolute Gasteiger partial charge is 0.0871 e. The predicted octanol–water partition coefficient (Wildman–Crippen LogP) is 2.44. The predicted molar refractivity (Wildman–Crippen MR) is 66.5 cm³/mol. The molecule has 17 heavy (non-hydrogen) atoms. The second-order valence-corrected chi connectivity index (χ2v) is 3.97. The fourth-order valence-electron chi connectivity index (χ4n) is 1.77. The molecule has 0 saturated heterocycles. The van der Waals surface area contributed by atoms with Gasteiger partial charge in [0, 0.05) is 11.3 Å². The second-order valence-electron chi connectivity index (χ2n) is 3.97. The van der Waals surface area contributed by atoms with Crippen LogP contribution >= 0.6 is 0 Å². The van der Waals surface area contributed by atoms with Gasteiger partial charge in [-0.3, -0.25) is 4.68 Å². The maximum absolute atomic E-state index is 8.76. The number of hydrogen-bond donors (Lipinski definition) is 1. The number of nitrogens with zero attached hydrogens (tertiary/aromatic N) is 3. The van der Waals surface area contributed by atoms with Crippen LogP contribution in [0.1, 0.15) is 23.7 Å². The molecule has 1 heterocycles. The monoisotopic (exact) mass is 229 g/mol. The van der Waals surface area contributed by atoms with E-state index < -0.39 is 0 Å². The van der Waals surface area contributed by atoms with Gasteiger partial charge in [-0.15, -0.1) is 0 Å². The van der Waals surface area contributed by atoms with Crippen molar-refractivity contribution >= 4 is 5.71 Å². The van der Waals surface area contributed by atoms with Crippen LogP contribution in [-0.2, 0) is 6.54 Å². The summed E-state index contributed by atoms with van der Waals surface area (Å²) in [5, 5.41) is 16.3. The second kappa shape index (κ2) is 4.82. The van der Waals surface area contributed by atoms with Crippen molar-refractivity contribution in [2.45, 2.75) is 20.4 Å². The first-order valence-electron chi connectivity index (χ1n) is 5.47.